The molecule has 1 aliphatic carbocycles. The van der Waals surface area contributed by atoms with Gasteiger partial charge in [0.1, 0.15) is 0 Å². The minimum absolute atomic E-state index is 0. The molecule has 0 heterocycles. The number of fused-ring (bicyclic) bond motifs is 1. The molecule has 0 nitrogen and oxygen atoms in total. The third-order valence-electron chi connectivity index (χ3n) is 2.58. The molecule has 0 aliphatic heterocycles. The van der Waals surface area contributed by atoms with Crippen LogP contribution in [0, 0.1) is 0 Å². The summed E-state index contributed by atoms with van der Waals surface area (Å²) in [6.45, 7) is 7.27. The second-order valence-corrected chi connectivity index (χ2v) is 17.3. The van der Waals surface area contributed by atoms with E-state index in [1.165, 1.54) is 5.56 Å². The van der Waals surface area contributed by atoms with E-state index in [1.807, 2.05) is 0 Å². The van der Waals surface area contributed by atoms with Crippen molar-refractivity contribution in [3.8, 4) is 0 Å². The molecule has 0 N–H and O–H groups in total. The fraction of sp³-hybridized carbons (Fsp3) is 0.333. The number of halogens is 2. The summed E-state index contributed by atoms with van der Waals surface area (Å²) in [4.78, 5) is 0. The Bertz CT molecular complexity index is 377. The molecule has 4 heteroatoms. The Hall–Kier alpha value is 0.640. The summed E-state index contributed by atoms with van der Waals surface area (Å²) in [6, 6.07) is 8.93. The van der Waals surface area contributed by atoms with Gasteiger partial charge in [-0.25, -0.2) is 0 Å². The normalized spacial score (nSPS) is 16.8. The first kappa shape index (κ1) is 16.6. The SMILES string of the molecule is CC1=Cc2ccccc2[CH]1[Zr+2][Si](C)C.[Cl-].[Cl-]. The van der Waals surface area contributed by atoms with E-state index in [1.54, 1.807) is 11.1 Å². The number of hydrogen-bond acceptors (Lipinski definition) is 0. The van der Waals surface area contributed by atoms with Crippen molar-refractivity contribution >= 4 is 12.0 Å². The van der Waals surface area contributed by atoms with E-state index in [0.717, 1.165) is 3.63 Å². The molecule has 1 unspecified atom stereocenters. The van der Waals surface area contributed by atoms with Crippen LogP contribution in [0.1, 0.15) is 21.7 Å². The van der Waals surface area contributed by atoms with Gasteiger partial charge in [0.15, 0.2) is 0 Å². The van der Waals surface area contributed by atoms with Crippen LogP contribution in [0.3, 0.4) is 0 Å². The maximum absolute atomic E-state index is 2.48. The van der Waals surface area contributed by atoms with Crippen molar-refractivity contribution in [3.63, 3.8) is 0 Å². The van der Waals surface area contributed by atoms with Crippen LogP contribution in [0.25, 0.3) is 6.08 Å². The van der Waals surface area contributed by atoms with Gasteiger partial charge in [-0.2, -0.15) is 0 Å². The summed E-state index contributed by atoms with van der Waals surface area (Å²) in [5.74, 6) is 0.0374. The first-order chi connectivity index (χ1) is 6.68. The third kappa shape index (κ3) is 3.57. The van der Waals surface area contributed by atoms with Crippen LogP contribution in [-0.4, -0.2) is 5.92 Å². The fourth-order valence-electron chi connectivity index (χ4n) is 1.96. The Labute approximate surface area is 123 Å². The van der Waals surface area contributed by atoms with E-state index < -0.39 is 0 Å². The van der Waals surface area contributed by atoms with Crippen LogP contribution in [0.2, 0.25) is 13.1 Å². The summed E-state index contributed by atoms with van der Waals surface area (Å²) in [6.07, 6.45) is 2.39. The predicted octanol–water partition coefficient (Wildman–Crippen LogP) is -2.51. The first-order valence-electron chi connectivity index (χ1n) is 5.02. The molecule has 0 aromatic heterocycles. The van der Waals surface area contributed by atoms with Crippen LogP contribution in [0.4, 0.5) is 0 Å². The Kier molecular flexibility index (Phi) is 7.44. The van der Waals surface area contributed by atoms with Crippen LogP contribution >= 0.6 is 0 Å². The molecule has 0 spiro atoms. The van der Waals surface area contributed by atoms with Gasteiger partial charge in [0.2, 0.25) is 0 Å². The third-order valence-corrected chi connectivity index (χ3v) is 11.7. The molecule has 0 bridgehead atoms. The average Bonchev–Trinajstić information content (AvgIpc) is 2.43. The van der Waals surface area contributed by atoms with E-state index in [0.29, 0.717) is 0 Å². The monoisotopic (exact) mass is 347 g/mol. The molecule has 1 aliphatic rings. The molecular weight excluding hydrogens is 334 g/mol. The molecule has 1 aromatic carbocycles. The number of benzene rings is 1. The van der Waals surface area contributed by atoms with Crippen molar-refractivity contribution in [2.75, 3.05) is 0 Å². The zero-order valence-electron chi connectivity index (χ0n) is 9.72. The topological polar surface area (TPSA) is 0 Å². The summed E-state index contributed by atoms with van der Waals surface area (Å²) in [5.41, 5.74) is 4.74. The molecule has 0 fully saturated rings. The number of hydrogen-bond donors (Lipinski definition) is 0. The molecule has 16 heavy (non-hydrogen) atoms. The van der Waals surface area contributed by atoms with Crippen LogP contribution in [0.5, 0.6) is 0 Å². The van der Waals surface area contributed by atoms with E-state index >= 15 is 0 Å². The zero-order chi connectivity index (χ0) is 10.1. The van der Waals surface area contributed by atoms with Crippen molar-refractivity contribution in [1.29, 1.82) is 0 Å². The van der Waals surface area contributed by atoms with E-state index in [2.05, 4.69) is 50.4 Å². The number of rotatable bonds is 2. The maximum Gasteiger partial charge on any atom is -1.00 e. The second-order valence-electron chi connectivity index (χ2n) is 4.09. The van der Waals surface area contributed by atoms with E-state index in [4.69, 9.17) is 0 Å². The summed E-state index contributed by atoms with van der Waals surface area (Å²) >= 11 is -0.187. The minimum atomic E-state index is -0.187. The standard InChI is InChI=1S/C10H9.C2H6Si.2ClH.Zr/c1-8-6-9-4-2-3-5-10(9)7-8;1-3-2;;;/h2-7H,1H3;1-2H3;2*1H;/q;;;;+2/p-2. The predicted molar refractivity (Wildman–Crippen MR) is 60.3 cm³/mol. The van der Waals surface area contributed by atoms with E-state index in [-0.39, 0.29) is 53.1 Å². The molecule has 1 aromatic rings. The summed E-state index contributed by atoms with van der Waals surface area (Å²) < 4.78 is 0.888. The van der Waals surface area contributed by atoms with Crippen LogP contribution in [0.15, 0.2) is 29.8 Å². The van der Waals surface area contributed by atoms with Crippen molar-refractivity contribution in [2.24, 2.45) is 0 Å². The Morgan fingerprint density at radius 3 is 2.38 bits per heavy atom. The first-order valence-corrected chi connectivity index (χ1v) is 12.6. The van der Waals surface area contributed by atoms with Crippen LogP contribution < -0.4 is 24.8 Å². The molecule has 85 valence electrons. The van der Waals surface area contributed by atoms with Crippen molar-refractivity contribution in [3.05, 3.63) is 41.0 Å². The van der Waals surface area contributed by atoms with Gasteiger partial charge in [-0.1, -0.05) is 0 Å². The molecule has 0 saturated heterocycles. The maximum atomic E-state index is 2.48. The summed E-state index contributed by atoms with van der Waals surface area (Å²) in [5, 5.41) is 0. The van der Waals surface area contributed by atoms with Gasteiger partial charge in [-0.3, -0.25) is 0 Å². The van der Waals surface area contributed by atoms with Gasteiger partial charge in [0.05, 0.1) is 0 Å². The van der Waals surface area contributed by atoms with Gasteiger partial charge in [-0.15, -0.1) is 0 Å². The number of allylic oxidation sites excluding steroid dienone is 1. The van der Waals surface area contributed by atoms with Gasteiger partial charge in [0, 0.05) is 0 Å². The van der Waals surface area contributed by atoms with Gasteiger partial charge in [0.25, 0.3) is 0 Å². The molecule has 0 amide bonds. The van der Waals surface area contributed by atoms with Gasteiger partial charge >= 0.3 is 99.0 Å². The Morgan fingerprint density at radius 1 is 1.12 bits per heavy atom. The summed E-state index contributed by atoms with van der Waals surface area (Å²) in [7, 11) is 0. The Balaban J connectivity index is 0.00000112. The Morgan fingerprint density at radius 2 is 1.75 bits per heavy atom. The van der Waals surface area contributed by atoms with Gasteiger partial charge in [-0.05, 0) is 0 Å². The molecule has 0 saturated carbocycles. The zero-order valence-corrected chi connectivity index (χ0v) is 14.7. The average molecular weight is 349 g/mol. The molecular formula is C12H15Cl2SiZr. The van der Waals surface area contributed by atoms with Crippen molar-refractivity contribution < 1.29 is 47.2 Å². The van der Waals surface area contributed by atoms with Gasteiger partial charge < -0.3 is 24.8 Å². The molecule has 2 rings (SSSR count). The largest absolute Gasteiger partial charge is 1.00 e. The minimum Gasteiger partial charge on any atom is -1.00 e. The molecule has 1 atom stereocenters. The van der Waals surface area contributed by atoms with E-state index in [9.17, 15) is 0 Å². The van der Waals surface area contributed by atoms with Crippen molar-refractivity contribution in [1.82, 2.24) is 0 Å². The molecule has 1 radical (unpaired) electrons. The van der Waals surface area contributed by atoms with Crippen LogP contribution in [-0.2, 0) is 22.4 Å². The second kappa shape index (κ2) is 7.16. The fourth-order valence-corrected chi connectivity index (χ4v) is 10.9. The smallest absolute Gasteiger partial charge is 1.00 e. The van der Waals surface area contributed by atoms with Crippen molar-refractivity contribution in [2.45, 2.75) is 23.6 Å². The quantitative estimate of drug-likeness (QED) is 0.518.